The average molecular weight is 428 g/mol. The van der Waals surface area contributed by atoms with Crippen LogP contribution in [0.5, 0.6) is 5.75 Å². The number of carboxylic acid groups (broad SMARTS) is 1. The fourth-order valence-corrected chi connectivity index (χ4v) is 4.09. The van der Waals surface area contributed by atoms with Gasteiger partial charge in [0.2, 0.25) is 0 Å². The minimum absolute atomic E-state index is 0.0104. The Kier molecular flexibility index (Phi) is 7.06. The number of thiocarbonyl (C=S) groups is 1. The second-order valence-electron chi connectivity index (χ2n) is 6.68. The van der Waals surface area contributed by atoms with E-state index >= 15 is 0 Å². The summed E-state index contributed by atoms with van der Waals surface area (Å²) in [4.78, 5) is 25.3. The van der Waals surface area contributed by atoms with Crippen LogP contribution in [0.4, 0.5) is 0 Å². The van der Waals surface area contributed by atoms with E-state index in [-0.39, 0.29) is 12.3 Å². The minimum Gasteiger partial charge on any atom is -0.489 e. The third kappa shape index (κ3) is 5.92. The summed E-state index contributed by atoms with van der Waals surface area (Å²) in [7, 11) is 0. The summed E-state index contributed by atoms with van der Waals surface area (Å²) in [6.45, 7) is 2.83. The zero-order valence-electron chi connectivity index (χ0n) is 16.0. The molecule has 1 aliphatic heterocycles. The van der Waals surface area contributed by atoms with Gasteiger partial charge in [0.15, 0.2) is 0 Å². The number of amides is 1. The normalized spacial score (nSPS) is 15.2. The van der Waals surface area contributed by atoms with E-state index in [1.54, 1.807) is 6.08 Å². The van der Waals surface area contributed by atoms with Gasteiger partial charge in [0.25, 0.3) is 5.91 Å². The Morgan fingerprint density at radius 2 is 2.00 bits per heavy atom. The molecule has 0 unspecified atom stereocenters. The van der Waals surface area contributed by atoms with Crippen molar-refractivity contribution in [1.29, 1.82) is 0 Å². The van der Waals surface area contributed by atoms with Crippen LogP contribution in [0.3, 0.4) is 0 Å². The molecule has 0 aromatic heterocycles. The summed E-state index contributed by atoms with van der Waals surface area (Å²) in [5.74, 6) is -0.346. The number of carbonyl (C=O) groups excluding carboxylic acids is 1. The molecule has 0 radical (unpaired) electrons. The molecule has 0 bridgehead atoms. The second kappa shape index (κ2) is 9.71. The average Bonchev–Trinajstić information content (AvgIpc) is 2.95. The van der Waals surface area contributed by atoms with Gasteiger partial charge in [-0.25, -0.2) is 0 Å². The van der Waals surface area contributed by atoms with Gasteiger partial charge in [-0.2, -0.15) is 0 Å². The van der Waals surface area contributed by atoms with E-state index in [0.717, 1.165) is 16.9 Å². The fraction of sp³-hybridized carbons (Fsp3) is 0.227. The van der Waals surface area contributed by atoms with Crippen molar-refractivity contribution in [3.05, 3.63) is 70.1 Å². The zero-order chi connectivity index (χ0) is 20.8. The van der Waals surface area contributed by atoms with Crippen molar-refractivity contribution in [2.24, 2.45) is 0 Å². The summed E-state index contributed by atoms with van der Waals surface area (Å²) < 4.78 is 6.33. The first-order valence-corrected chi connectivity index (χ1v) is 10.4. The topological polar surface area (TPSA) is 66.8 Å². The first kappa shape index (κ1) is 21.1. The number of thioether (sulfide) groups is 1. The molecule has 3 rings (SSSR count). The molecule has 1 fully saturated rings. The quantitative estimate of drug-likeness (QED) is 0.489. The van der Waals surface area contributed by atoms with Crippen LogP contribution in [0, 0.1) is 6.92 Å². The van der Waals surface area contributed by atoms with Gasteiger partial charge in [-0.15, -0.1) is 0 Å². The molecule has 150 valence electrons. The van der Waals surface area contributed by atoms with Crippen LogP contribution in [0.2, 0.25) is 0 Å². The van der Waals surface area contributed by atoms with Gasteiger partial charge in [-0.3, -0.25) is 14.5 Å². The van der Waals surface area contributed by atoms with Crippen molar-refractivity contribution in [2.75, 3.05) is 6.54 Å². The Hall–Kier alpha value is -2.64. The largest absolute Gasteiger partial charge is 0.489 e. The van der Waals surface area contributed by atoms with Crippen LogP contribution in [-0.2, 0) is 16.2 Å². The Morgan fingerprint density at radius 1 is 1.24 bits per heavy atom. The monoisotopic (exact) mass is 427 g/mol. The van der Waals surface area contributed by atoms with Gasteiger partial charge in [0.05, 0.1) is 4.91 Å². The van der Waals surface area contributed by atoms with E-state index < -0.39 is 5.97 Å². The van der Waals surface area contributed by atoms with Crippen molar-refractivity contribution >= 4 is 46.3 Å². The van der Waals surface area contributed by atoms with Crippen LogP contribution in [0.15, 0.2) is 53.4 Å². The standard InChI is InChI=1S/C22H21NO4S2/c1-15-7-9-16(10-8-15)14-27-18-5-2-4-17(12-18)13-19-21(26)23(22(28)29-19)11-3-6-20(24)25/h2,4-5,7-10,12-13H,3,6,11,14H2,1H3,(H,24,25). The highest BCUT2D eigenvalue weighted by Gasteiger charge is 2.31. The molecule has 5 nitrogen and oxygen atoms in total. The molecule has 0 spiro atoms. The van der Waals surface area contributed by atoms with E-state index in [2.05, 4.69) is 0 Å². The van der Waals surface area contributed by atoms with Crippen molar-refractivity contribution < 1.29 is 19.4 Å². The number of carbonyl (C=O) groups is 2. The molecule has 1 heterocycles. The molecule has 2 aromatic rings. The Morgan fingerprint density at radius 3 is 2.72 bits per heavy atom. The van der Waals surface area contributed by atoms with Gasteiger partial charge >= 0.3 is 5.97 Å². The number of aryl methyl sites for hydroxylation is 1. The third-order valence-electron chi connectivity index (χ3n) is 4.33. The second-order valence-corrected chi connectivity index (χ2v) is 8.35. The molecule has 0 atom stereocenters. The predicted molar refractivity (Wildman–Crippen MR) is 119 cm³/mol. The fourth-order valence-electron chi connectivity index (χ4n) is 2.78. The zero-order valence-corrected chi connectivity index (χ0v) is 17.6. The van der Waals surface area contributed by atoms with Crippen molar-refractivity contribution in [3.8, 4) is 5.75 Å². The first-order chi connectivity index (χ1) is 13.9. The molecule has 1 aliphatic rings. The van der Waals surface area contributed by atoms with Crippen LogP contribution < -0.4 is 4.74 Å². The lowest BCUT2D eigenvalue weighted by molar-refractivity contribution is -0.137. The highest BCUT2D eigenvalue weighted by Crippen LogP contribution is 2.33. The number of ether oxygens (including phenoxy) is 1. The van der Waals surface area contributed by atoms with Gasteiger partial charge in [0, 0.05) is 13.0 Å². The van der Waals surface area contributed by atoms with Crippen LogP contribution in [0.25, 0.3) is 6.08 Å². The number of hydrogen-bond acceptors (Lipinski definition) is 5. The Bertz CT molecular complexity index is 954. The number of aliphatic carboxylic acids is 1. The number of hydrogen-bond donors (Lipinski definition) is 1. The predicted octanol–water partition coefficient (Wildman–Crippen LogP) is 4.64. The SMILES string of the molecule is Cc1ccc(COc2cccc(C=C3SC(=S)N(CCCC(=O)O)C3=O)c2)cc1. The molecule has 29 heavy (non-hydrogen) atoms. The summed E-state index contributed by atoms with van der Waals surface area (Å²) in [5.41, 5.74) is 3.14. The Labute approximate surface area is 179 Å². The molecule has 1 N–H and O–H groups in total. The number of rotatable bonds is 8. The number of benzene rings is 2. The van der Waals surface area contributed by atoms with Crippen LogP contribution >= 0.6 is 24.0 Å². The van der Waals surface area contributed by atoms with Crippen molar-refractivity contribution in [2.45, 2.75) is 26.4 Å². The Balaban J connectivity index is 1.64. The minimum atomic E-state index is -0.881. The molecule has 2 aromatic carbocycles. The van der Waals surface area contributed by atoms with Gasteiger partial charge in [-0.1, -0.05) is 65.9 Å². The summed E-state index contributed by atoms with van der Waals surface area (Å²) >= 11 is 6.51. The lowest BCUT2D eigenvalue weighted by atomic mass is 10.1. The maximum Gasteiger partial charge on any atom is 0.303 e. The van der Waals surface area contributed by atoms with Crippen LogP contribution in [-0.4, -0.2) is 32.7 Å². The highest BCUT2D eigenvalue weighted by molar-refractivity contribution is 8.26. The lowest BCUT2D eigenvalue weighted by Gasteiger charge is -2.13. The van der Waals surface area contributed by atoms with E-state index in [9.17, 15) is 9.59 Å². The van der Waals surface area contributed by atoms with Crippen molar-refractivity contribution in [1.82, 2.24) is 4.90 Å². The molecular weight excluding hydrogens is 406 g/mol. The van der Waals surface area contributed by atoms with Gasteiger partial charge < -0.3 is 9.84 Å². The number of carboxylic acids is 1. The van der Waals surface area contributed by atoms with E-state index in [1.165, 1.54) is 22.2 Å². The van der Waals surface area contributed by atoms with E-state index in [4.69, 9.17) is 22.1 Å². The molecule has 7 heteroatoms. The first-order valence-electron chi connectivity index (χ1n) is 9.18. The van der Waals surface area contributed by atoms with Crippen LogP contribution in [0.1, 0.15) is 29.5 Å². The summed E-state index contributed by atoms with van der Waals surface area (Å²) in [5, 5.41) is 8.76. The van der Waals surface area contributed by atoms with E-state index in [1.807, 2.05) is 55.5 Å². The smallest absolute Gasteiger partial charge is 0.303 e. The lowest BCUT2D eigenvalue weighted by Crippen LogP contribution is -2.29. The molecule has 0 aliphatic carbocycles. The highest BCUT2D eigenvalue weighted by atomic mass is 32.2. The summed E-state index contributed by atoms with van der Waals surface area (Å²) in [6, 6.07) is 15.7. The van der Waals surface area contributed by atoms with Crippen molar-refractivity contribution in [3.63, 3.8) is 0 Å². The van der Waals surface area contributed by atoms with E-state index in [0.29, 0.717) is 28.8 Å². The van der Waals surface area contributed by atoms with Gasteiger partial charge in [0.1, 0.15) is 16.7 Å². The third-order valence-corrected chi connectivity index (χ3v) is 5.71. The molecule has 1 saturated heterocycles. The number of nitrogens with zero attached hydrogens (tertiary/aromatic N) is 1. The van der Waals surface area contributed by atoms with Gasteiger partial charge in [-0.05, 0) is 42.7 Å². The molecule has 1 amide bonds. The summed E-state index contributed by atoms with van der Waals surface area (Å²) in [6.07, 6.45) is 2.17. The molecular formula is C22H21NO4S2. The molecule has 0 saturated carbocycles. The maximum absolute atomic E-state index is 12.6. The maximum atomic E-state index is 12.6.